The molecule has 84 valence electrons. The summed E-state index contributed by atoms with van der Waals surface area (Å²) in [6.45, 7) is 1.87. The molecule has 0 atom stereocenters. The first kappa shape index (κ1) is 12.0. The lowest BCUT2D eigenvalue weighted by atomic mass is 10.1. The maximum absolute atomic E-state index is 8.58. The van der Waals surface area contributed by atoms with Crippen LogP contribution >= 0.6 is 0 Å². The Bertz CT molecular complexity index is 122. The van der Waals surface area contributed by atoms with Gasteiger partial charge in [0, 0.05) is 6.61 Å². The Morgan fingerprint density at radius 3 is 2.07 bits per heavy atom. The van der Waals surface area contributed by atoms with Gasteiger partial charge < -0.3 is 14.6 Å². The lowest BCUT2D eigenvalue weighted by Crippen LogP contribution is -2.06. The number of hydrogen-bond acceptors (Lipinski definition) is 3. The van der Waals surface area contributed by atoms with Gasteiger partial charge in [0.05, 0.1) is 13.2 Å². The van der Waals surface area contributed by atoms with Crippen molar-refractivity contribution in [2.75, 3.05) is 19.8 Å². The Kier molecular flexibility index (Phi) is 7.01. The Labute approximate surface area is 86.4 Å². The van der Waals surface area contributed by atoms with Crippen LogP contribution in [0.3, 0.4) is 0 Å². The van der Waals surface area contributed by atoms with Gasteiger partial charge in [-0.25, -0.2) is 0 Å². The second kappa shape index (κ2) is 8.21. The molecule has 1 aliphatic heterocycles. The molecule has 0 bridgehead atoms. The van der Waals surface area contributed by atoms with E-state index in [9.17, 15) is 0 Å². The number of aliphatic hydroxyl groups excluding tert-OH is 1. The van der Waals surface area contributed by atoms with Crippen molar-refractivity contribution in [2.24, 2.45) is 0 Å². The first-order valence-corrected chi connectivity index (χ1v) is 5.77. The molecule has 1 fully saturated rings. The third-order valence-electron chi connectivity index (χ3n) is 2.54. The van der Waals surface area contributed by atoms with Crippen molar-refractivity contribution >= 4 is 0 Å². The fourth-order valence-electron chi connectivity index (χ4n) is 1.70. The molecule has 0 spiro atoms. The van der Waals surface area contributed by atoms with E-state index >= 15 is 0 Å². The lowest BCUT2D eigenvalue weighted by Gasteiger charge is -2.07. The number of aliphatic hydroxyl groups is 1. The van der Waals surface area contributed by atoms with Gasteiger partial charge in [0.1, 0.15) is 0 Å². The normalized spacial score (nSPS) is 17.8. The average Bonchev–Trinajstić information content (AvgIpc) is 2.69. The minimum Gasteiger partial charge on any atom is -0.396 e. The number of hydrogen-bond donors (Lipinski definition) is 1. The highest BCUT2D eigenvalue weighted by Gasteiger charge is 2.14. The summed E-state index contributed by atoms with van der Waals surface area (Å²) >= 11 is 0. The SMILES string of the molecule is OCCCCCCCCC1OCCO1. The van der Waals surface area contributed by atoms with Crippen LogP contribution in [-0.4, -0.2) is 31.2 Å². The van der Waals surface area contributed by atoms with E-state index in [1.165, 1.54) is 25.7 Å². The minimum absolute atomic E-state index is 0.0763. The van der Waals surface area contributed by atoms with Gasteiger partial charge in [-0.1, -0.05) is 25.7 Å². The number of unbranched alkanes of at least 4 members (excludes halogenated alkanes) is 5. The summed E-state index contributed by atoms with van der Waals surface area (Å²) in [4.78, 5) is 0. The zero-order chi connectivity index (χ0) is 10.1. The van der Waals surface area contributed by atoms with Gasteiger partial charge in [0.25, 0.3) is 0 Å². The van der Waals surface area contributed by atoms with Crippen LogP contribution in [0.4, 0.5) is 0 Å². The third kappa shape index (κ3) is 5.58. The van der Waals surface area contributed by atoms with Crippen LogP contribution < -0.4 is 0 Å². The van der Waals surface area contributed by atoms with Gasteiger partial charge in [-0.3, -0.25) is 0 Å². The van der Waals surface area contributed by atoms with E-state index in [1.807, 2.05) is 0 Å². The van der Waals surface area contributed by atoms with Gasteiger partial charge in [-0.05, 0) is 19.3 Å². The van der Waals surface area contributed by atoms with E-state index in [2.05, 4.69) is 0 Å². The molecule has 0 unspecified atom stereocenters. The largest absolute Gasteiger partial charge is 0.396 e. The summed E-state index contributed by atoms with van der Waals surface area (Å²) in [5, 5.41) is 8.58. The van der Waals surface area contributed by atoms with E-state index in [0.717, 1.165) is 32.5 Å². The van der Waals surface area contributed by atoms with Crippen molar-refractivity contribution in [3.63, 3.8) is 0 Å². The Morgan fingerprint density at radius 1 is 0.857 bits per heavy atom. The fourth-order valence-corrected chi connectivity index (χ4v) is 1.70. The molecule has 1 saturated heterocycles. The molecule has 0 radical (unpaired) electrons. The molecule has 0 aliphatic carbocycles. The molecule has 1 heterocycles. The number of ether oxygens (including phenoxy) is 2. The summed E-state index contributed by atoms with van der Waals surface area (Å²) in [7, 11) is 0. The van der Waals surface area contributed by atoms with Gasteiger partial charge in [0.2, 0.25) is 0 Å². The van der Waals surface area contributed by atoms with Crippen LogP contribution in [0.15, 0.2) is 0 Å². The van der Waals surface area contributed by atoms with E-state index in [1.54, 1.807) is 0 Å². The molecule has 3 heteroatoms. The van der Waals surface area contributed by atoms with Crippen LogP contribution in [0.25, 0.3) is 0 Å². The van der Waals surface area contributed by atoms with E-state index in [4.69, 9.17) is 14.6 Å². The minimum atomic E-state index is 0.0763. The van der Waals surface area contributed by atoms with Crippen LogP contribution in [0.1, 0.15) is 44.9 Å². The van der Waals surface area contributed by atoms with Crippen molar-refractivity contribution < 1.29 is 14.6 Å². The van der Waals surface area contributed by atoms with E-state index in [0.29, 0.717) is 6.61 Å². The quantitative estimate of drug-likeness (QED) is 0.612. The summed E-state index contributed by atoms with van der Waals surface area (Å²) in [6.07, 6.45) is 8.20. The number of rotatable bonds is 8. The Balaban J connectivity index is 1.75. The second-order valence-corrected chi connectivity index (χ2v) is 3.80. The topological polar surface area (TPSA) is 38.7 Å². The van der Waals surface area contributed by atoms with Gasteiger partial charge in [-0.15, -0.1) is 0 Å². The van der Waals surface area contributed by atoms with Gasteiger partial charge in [0.15, 0.2) is 6.29 Å². The summed E-state index contributed by atoms with van der Waals surface area (Å²) < 4.78 is 10.7. The van der Waals surface area contributed by atoms with Gasteiger partial charge in [-0.2, -0.15) is 0 Å². The zero-order valence-electron chi connectivity index (χ0n) is 8.91. The van der Waals surface area contributed by atoms with Crippen molar-refractivity contribution in [1.82, 2.24) is 0 Å². The predicted molar refractivity (Wildman–Crippen MR) is 55.1 cm³/mol. The molecule has 3 nitrogen and oxygen atoms in total. The van der Waals surface area contributed by atoms with Crippen molar-refractivity contribution in [2.45, 2.75) is 51.2 Å². The summed E-state index contributed by atoms with van der Waals surface area (Å²) in [6, 6.07) is 0. The molecule has 1 aliphatic rings. The van der Waals surface area contributed by atoms with Crippen LogP contribution in [-0.2, 0) is 9.47 Å². The van der Waals surface area contributed by atoms with Crippen molar-refractivity contribution in [1.29, 1.82) is 0 Å². The molecule has 1 N–H and O–H groups in total. The Hall–Kier alpha value is -0.120. The van der Waals surface area contributed by atoms with Crippen molar-refractivity contribution in [3.8, 4) is 0 Å². The fraction of sp³-hybridized carbons (Fsp3) is 1.00. The van der Waals surface area contributed by atoms with Crippen LogP contribution in [0.5, 0.6) is 0 Å². The first-order chi connectivity index (χ1) is 6.93. The zero-order valence-corrected chi connectivity index (χ0v) is 8.91. The molecule has 0 aromatic rings. The molecular weight excluding hydrogens is 180 g/mol. The maximum Gasteiger partial charge on any atom is 0.157 e. The van der Waals surface area contributed by atoms with Crippen LogP contribution in [0, 0.1) is 0 Å². The molecular formula is C11H22O3. The smallest absolute Gasteiger partial charge is 0.157 e. The molecule has 0 aromatic carbocycles. The maximum atomic E-state index is 8.58. The molecule has 0 amide bonds. The standard InChI is InChI=1S/C11H22O3/c12-8-6-4-2-1-3-5-7-11-13-9-10-14-11/h11-12H,1-10H2. The predicted octanol–water partition coefficient (Wildman–Crippen LogP) is 2.08. The summed E-state index contributed by atoms with van der Waals surface area (Å²) in [5.41, 5.74) is 0. The molecule has 1 rings (SSSR count). The first-order valence-electron chi connectivity index (χ1n) is 5.77. The highest BCUT2D eigenvalue weighted by atomic mass is 16.7. The Morgan fingerprint density at radius 2 is 1.43 bits per heavy atom. The monoisotopic (exact) mass is 202 g/mol. The molecule has 14 heavy (non-hydrogen) atoms. The van der Waals surface area contributed by atoms with Crippen LogP contribution in [0.2, 0.25) is 0 Å². The van der Waals surface area contributed by atoms with E-state index < -0.39 is 0 Å². The second-order valence-electron chi connectivity index (χ2n) is 3.80. The average molecular weight is 202 g/mol. The third-order valence-corrected chi connectivity index (χ3v) is 2.54. The highest BCUT2D eigenvalue weighted by molar-refractivity contribution is 4.53. The highest BCUT2D eigenvalue weighted by Crippen LogP contribution is 2.13. The lowest BCUT2D eigenvalue weighted by molar-refractivity contribution is -0.0480. The molecule has 0 aromatic heterocycles. The van der Waals surface area contributed by atoms with E-state index in [-0.39, 0.29) is 6.29 Å². The van der Waals surface area contributed by atoms with Crippen molar-refractivity contribution in [3.05, 3.63) is 0 Å². The summed E-state index contributed by atoms with van der Waals surface area (Å²) in [5.74, 6) is 0. The molecule has 0 saturated carbocycles. The van der Waals surface area contributed by atoms with Gasteiger partial charge >= 0.3 is 0 Å².